The third-order valence-electron chi connectivity index (χ3n) is 3.21. The molecule has 1 N–H and O–H groups in total. The van der Waals surface area contributed by atoms with Crippen molar-refractivity contribution < 1.29 is 23.0 Å². The highest BCUT2D eigenvalue weighted by Crippen LogP contribution is 2.25. The van der Waals surface area contributed by atoms with Gasteiger partial charge in [0.1, 0.15) is 12.4 Å². The molecule has 7 heteroatoms. The van der Waals surface area contributed by atoms with Crippen molar-refractivity contribution in [1.82, 2.24) is 0 Å². The fraction of sp³-hybridized carbons (Fsp3) is 0.235. The maximum atomic E-state index is 12.1. The van der Waals surface area contributed by atoms with Gasteiger partial charge in [-0.05, 0) is 43.7 Å². The van der Waals surface area contributed by atoms with Gasteiger partial charge < -0.3 is 9.47 Å². The maximum absolute atomic E-state index is 12.1. The maximum Gasteiger partial charge on any atom is 0.416 e. The minimum Gasteiger partial charge on any atom is -0.489 e. The highest BCUT2D eigenvalue weighted by atomic mass is 79.9. The van der Waals surface area contributed by atoms with Gasteiger partial charge in [0.25, 0.3) is 0 Å². The summed E-state index contributed by atoms with van der Waals surface area (Å²) in [5.74, 6) is 0.710. The number of nitrogens with one attached hydrogen (secondary N) is 1. The van der Waals surface area contributed by atoms with Crippen LogP contribution in [0.3, 0.4) is 0 Å². The lowest BCUT2D eigenvalue weighted by Crippen LogP contribution is -2.18. The molecule has 0 spiro atoms. The Kier molecular flexibility index (Phi) is 6.14. The van der Waals surface area contributed by atoms with Crippen molar-refractivity contribution in [3.05, 3.63) is 57.6 Å². The molecule has 0 aliphatic rings. The highest BCUT2D eigenvalue weighted by Gasteiger charge is 2.13. The molecular formula is C17H16BrF2NO3. The van der Waals surface area contributed by atoms with Gasteiger partial charge in [-0.3, -0.25) is 5.32 Å². The number of carbonyl (C=O) groups is 1. The van der Waals surface area contributed by atoms with E-state index in [4.69, 9.17) is 4.74 Å². The van der Waals surface area contributed by atoms with Crippen molar-refractivity contribution >= 4 is 27.7 Å². The van der Waals surface area contributed by atoms with E-state index >= 15 is 0 Å². The molecule has 0 heterocycles. The third kappa shape index (κ3) is 5.19. The number of carbonyl (C=O) groups excluding carboxylic acids is 1. The predicted molar refractivity (Wildman–Crippen MR) is 90.5 cm³/mol. The van der Waals surface area contributed by atoms with Gasteiger partial charge in [-0.1, -0.05) is 33.6 Å². The summed E-state index contributed by atoms with van der Waals surface area (Å²) in [6.45, 7) is 0.910. The Morgan fingerprint density at radius 3 is 2.62 bits per heavy atom. The van der Waals surface area contributed by atoms with Crippen LogP contribution in [-0.2, 0) is 11.3 Å². The monoisotopic (exact) mass is 399 g/mol. The molecule has 4 nitrogen and oxygen atoms in total. The zero-order chi connectivity index (χ0) is 17.7. The summed E-state index contributed by atoms with van der Waals surface area (Å²) in [6.07, 6.45) is -1.22. The van der Waals surface area contributed by atoms with Gasteiger partial charge in [-0.25, -0.2) is 4.79 Å². The van der Waals surface area contributed by atoms with Gasteiger partial charge in [-0.15, -0.1) is 0 Å². The average Bonchev–Trinajstić information content (AvgIpc) is 2.48. The highest BCUT2D eigenvalue weighted by molar-refractivity contribution is 9.10. The lowest BCUT2D eigenvalue weighted by Gasteiger charge is -2.14. The Morgan fingerprint density at radius 1 is 1.21 bits per heavy atom. The summed E-state index contributed by atoms with van der Waals surface area (Å²) < 4.78 is 34.5. The number of hydrogen-bond donors (Lipinski definition) is 1. The number of anilines is 1. The van der Waals surface area contributed by atoms with Crippen LogP contribution >= 0.6 is 15.9 Å². The summed E-state index contributed by atoms with van der Waals surface area (Å²) in [7, 11) is 0. The van der Waals surface area contributed by atoms with Crippen molar-refractivity contribution in [3.8, 4) is 5.75 Å². The molecule has 0 atom stereocenters. The molecule has 2 aromatic carbocycles. The molecule has 2 rings (SSSR count). The lowest BCUT2D eigenvalue weighted by atomic mass is 10.1. The first kappa shape index (κ1) is 18.2. The van der Waals surface area contributed by atoms with E-state index in [2.05, 4.69) is 26.0 Å². The summed E-state index contributed by atoms with van der Waals surface area (Å²) in [5, 5.41) is 2.29. The zero-order valence-corrected chi connectivity index (χ0v) is 14.7. The van der Waals surface area contributed by atoms with E-state index < -0.39 is 12.7 Å². The Labute approximate surface area is 146 Å². The van der Waals surface area contributed by atoms with E-state index in [1.165, 1.54) is 0 Å². The summed E-state index contributed by atoms with van der Waals surface area (Å²) in [5.41, 5.74) is 3.07. The van der Waals surface area contributed by atoms with Crippen molar-refractivity contribution in [1.29, 1.82) is 0 Å². The van der Waals surface area contributed by atoms with Crippen LogP contribution in [0.15, 0.2) is 40.9 Å². The molecule has 128 valence electrons. The third-order valence-corrected chi connectivity index (χ3v) is 3.71. The van der Waals surface area contributed by atoms with Gasteiger partial charge in [0.05, 0.1) is 5.69 Å². The molecule has 0 unspecified atom stereocenters. The Morgan fingerprint density at radius 2 is 1.96 bits per heavy atom. The first-order valence-electron chi connectivity index (χ1n) is 7.09. The second-order valence-electron chi connectivity index (χ2n) is 5.15. The smallest absolute Gasteiger partial charge is 0.416 e. The quantitative estimate of drug-likeness (QED) is 0.730. The number of amides is 1. The minimum atomic E-state index is -3.17. The fourth-order valence-electron chi connectivity index (χ4n) is 2.14. The van der Waals surface area contributed by atoms with Crippen LogP contribution in [0.1, 0.15) is 16.7 Å². The molecule has 2 aromatic rings. The van der Waals surface area contributed by atoms with Gasteiger partial charge in [0.15, 0.2) is 0 Å². The lowest BCUT2D eigenvalue weighted by molar-refractivity contribution is -0.0766. The number of rotatable bonds is 5. The van der Waals surface area contributed by atoms with Crippen molar-refractivity contribution in [2.24, 2.45) is 0 Å². The largest absolute Gasteiger partial charge is 0.489 e. The molecule has 0 saturated heterocycles. The number of alkyl halides is 2. The van der Waals surface area contributed by atoms with Crippen molar-refractivity contribution in [2.75, 3.05) is 5.32 Å². The number of aryl methyl sites for hydroxylation is 2. The van der Waals surface area contributed by atoms with Gasteiger partial charge in [0, 0.05) is 10.0 Å². The molecule has 0 fully saturated rings. The van der Waals surface area contributed by atoms with Gasteiger partial charge in [0.2, 0.25) is 0 Å². The first-order chi connectivity index (χ1) is 11.3. The number of halogens is 3. The first-order valence-corrected chi connectivity index (χ1v) is 7.88. The average molecular weight is 400 g/mol. The van der Waals surface area contributed by atoms with Gasteiger partial charge in [-0.2, -0.15) is 8.78 Å². The summed E-state index contributed by atoms with van der Waals surface area (Å²) >= 11 is 3.33. The topological polar surface area (TPSA) is 47.6 Å². The van der Waals surface area contributed by atoms with Crippen LogP contribution in [0.5, 0.6) is 5.75 Å². The minimum absolute atomic E-state index is 0.160. The SMILES string of the molecule is Cc1ccc(OCc2cc(Br)ccc2NC(=O)OC(F)F)c(C)c1. The normalized spacial score (nSPS) is 10.6. The van der Waals surface area contributed by atoms with Gasteiger partial charge >= 0.3 is 12.7 Å². The number of hydrogen-bond acceptors (Lipinski definition) is 3. The zero-order valence-electron chi connectivity index (χ0n) is 13.1. The van der Waals surface area contributed by atoms with E-state index in [0.29, 0.717) is 17.0 Å². The Balaban J connectivity index is 2.13. The van der Waals surface area contributed by atoms with Crippen LogP contribution in [0.25, 0.3) is 0 Å². The second-order valence-corrected chi connectivity index (χ2v) is 6.07. The summed E-state index contributed by atoms with van der Waals surface area (Å²) in [6, 6.07) is 10.8. The van der Waals surface area contributed by atoms with Crippen molar-refractivity contribution in [3.63, 3.8) is 0 Å². The fourth-order valence-corrected chi connectivity index (χ4v) is 2.55. The molecule has 0 radical (unpaired) electrons. The number of ether oxygens (including phenoxy) is 2. The predicted octanol–water partition coefficient (Wildman–Crippen LogP) is 5.42. The van der Waals surface area contributed by atoms with Crippen LogP contribution < -0.4 is 10.1 Å². The molecule has 0 aromatic heterocycles. The van der Waals surface area contributed by atoms with Crippen molar-refractivity contribution in [2.45, 2.75) is 27.1 Å². The molecular weight excluding hydrogens is 384 g/mol. The molecule has 24 heavy (non-hydrogen) atoms. The Hall–Kier alpha value is -2.15. The summed E-state index contributed by atoms with van der Waals surface area (Å²) in [4.78, 5) is 11.4. The van der Waals surface area contributed by atoms with Crippen LogP contribution in [0, 0.1) is 13.8 Å². The second kappa shape index (κ2) is 8.10. The van der Waals surface area contributed by atoms with Crippen LogP contribution in [-0.4, -0.2) is 12.7 Å². The number of benzene rings is 2. The standard InChI is InChI=1S/C17H16BrF2NO3/c1-10-3-6-15(11(2)7-10)23-9-12-8-13(18)4-5-14(12)21-17(22)24-16(19)20/h3-8,16H,9H2,1-2H3,(H,21,22). The molecule has 0 saturated carbocycles. The molecule has 0 aliphatic heterocycles. The van der Waals surface area contributed by atoms with E-state index in [1.807, 2.05) is 32.0 Å². The molecule has 0 bridgehead atoms. The van der Waals surface area contributed by atoms with Crippen LogP contribution in [0.2, 0.25) is 0 Å². The van der Waals surface area contributed by atoms with Crippen LogP contribution in [0.4, 0.5) is 19.3 Å². The van der Waals surface area contributed by atoms with E-state index in [1.54, 1.807) is 18.2 Å². The van der Waals surface area contributed by atoms with E-state index in [-0.39, 0.29) is 6.61 Å². The van der Waals surface area contributed by atoms with E-state index in [9.17, 15) is 13.6 Å². The Bertz CT molecular complexity index is 738. The van der Waals surface area contributed by atoms with E-state index in [0.717, 1.165) is 15.6 Å². The molecule has 1 amide bonds. The molecule has 0 aliphatic carbocycles.